The zero-order chi connectivity index (χ0) is 16.9. The van der Waals surface area contributed by atoms with Crippen LogP contribution in [0.2, 0.25) is 0 Å². The van der Waals surface area contributed by atoms with Gasteiger partial charge in [0, 0.05) is 23.1 Å². The third kappa shape index (κ3) is 3.96. The molecule has 0 saturated carbocycles. The highest BCUT2D eigenvalue weighted by Crippen LogP contribution is 2.21. The minimum atomic E-state index is -0.323. The summed E-state index contributed by atoms with van der Waals surface area (Å²) in [6.07, 6.45) is 1.66. The lowest BCUT2D eigenvalue weighted by molar-refractivity contribution is 0.0998. The van der Waals surface area contributed by atoms with Gasteiger partial charge in [0.1, 0.15) is 11.4 Å². The molecule has 1 aromatic carbocycles. The van der Waals surface area contributed by atoms with Crippen molar-refractivity contribution >= 4 is 34.5 Å². The number of aryl methyl sites for hydroxylation is 1. The fourth-order valence-electron chi connectivity index (χ4n) is 2.34. The summed E-state index contributed by atoms with van der Waals surface area (Å²) in [5.74, 6) is 1.87. The van der Waals surface area contributed by atoms with E-state index in [4.69, 9.17) is 9.52 Å². The predicted octanol–water partition coefficient (Wildman–Crippen LogP) is 3.61. The summed E-state index contributed by atoms with van der Waals surface area (Å²) < 4.78 is 5.60. The molecule has 0 atom stereocenters. The van der Waals surface area contributed by atoms with Crippen LogP contribution in [0.3, 0.4) is 0 Å². The van der Waals surface area contributed by atoms with Gasteiger partial charge in [-0.2, -0.15) is 11.8 Å². The van der Waals surface area contributed by atoms with Gasteiger partial charge >= 0.3 is 0 Å². The predicted molar refractivity (Wildman–Crippen MR) is 96.4 cm³/mol. The second-order valence-corrected chi connectivity index (χ2v) is 6.54. The van der Waals surface area contributed by atoms with Crippen LogP contribution in [0.4, 0.5) is 5.82 Å². The molecule has 3 aromatic rings. The smallest absolute Gasteiger partial charge is 0.292 e. The lowest BCUT2D eigenvalue weighted by Crippen LogP contribution is -2.12. The number of aromatic nitrogens is 1. The Labute approximate surface area is 144 Å². The van der Waals surface area contributed by atoms with E-state index in [1.807, 2.05) is 37.3 Å². The summed E-state index contributed by atoms with van der Waals surface area (Å²) in [4.78, 5) is 16.5. The molecule has 3 rings (SSSR count). The number of thioether (sulfide) groups is 1. The van der Waals surface area contributed by atoms with Crippen LogP contribution in [0, 0.1) is 6.92 Å². The first kappa shape index (κ1) is 16.5. The number of rotatable bonds is 6. The molecular formula is C18H18N2O3S. The molecule has 0 fully saturated rings. The number of carbonyl (C=O) groups is 1. The highest BCUT2D eigenvalue weighted by atomic mass is 32.2. The van der Waals surface area contributed by atoms with E-state index in [-0.39, 0.29) is 18.3 Å². The van der Waals surface area contributed by atoms with Crippen LogP contribution >= 0.6 is 11.8 Å². The molecule has 0 saturated heterocycles. The number of fused-ring (bicyclic) bond motifs is 1. The van der Waals surface area contributed by atoms with E-state index < -0.39 is 0 Å². The largest absolute Gasteiger partial charge is 0.451 e. The van der Waals surface area contributed by atoms with E-state index in [0.29, 0.717) is 17.2 Å². The van der Waals surface area contributed by atoms with Gasteiger partial charge in [-0.15, -0.1) is 0 Å². The number of pyridine rings is 1. The Morgan fingerprint density at radius 2 is 2.17 bits per heavy atom. The highest BCUT2D eigenvalue weighted by molar-refractivity contribution is 7.98. The van der Waals surface area contributed by atoms with Gasteiger partial charge in [-0.1, -0.05) is 11.6 Å². The summed E-state index contributed by atoms with van der Waals surface area (Å²) in [5, 5.41) is 12.5. The SMILES string of the molecule is Cc1ccc2oc(C(=O)Nc3cc(CSCCO)ccn3)cc2c1. The van der Waals surface area contributed by atoms with Crippen molar-refractivity contribution in [3.05, 3.63) is 59.5 Å². The average Bonchev–Trinajstić information content (AvgIpc) is 2.99. The maximum Gasteiger partial charge on any atom is 0.292 e. The van der Waals surface area contributed by atoms with Gasteiger partial charge in [0.25, 0.3) is 5.91 Å². The number of anilines is 1. The van der Waals surface area contributed by atoms with Gasteiger partial charge < -0.3 is 14.8 Å². The third-order valence-corrected chi connectivity index (χ3v) is 4.47. The second kappa shape index (κ2) is 7.51. The molecule has 2 aromatic heterocycles. The highest BCUT2D eigenvalue weighted by Gasteiger charge is 2.13. The van der Waals surface area contributed by atoms with Gasteiger partial charge in [0.15, 0.2) is 5.76 Å². The normalized spacial score (nSPS) is 10.9. The molecule has 5 nitrogen and oxygen atoms in total. The van der Waals surface area contributed by atoms with Gasteiger partial charge in [-0.3, -0.25) is 4.79 Å². The fraction of sp³-hybridized carbons (Fsp3) is 0.222. The Bertz CT molecular complexity index is 860. The second-order valence-electron chi connectivity index (χ2n) is 5.43. The van der Waals surface area contributed by atoms with Crippen molar-refractivity contribution in [1.29, 1.82) is 0 Å². The number of nitrogens with zero attached hydrogens (tertiary/aromatic N) is 1. The molecule has 0 aliphatic carbocycles. The Morgan fingerprint density at radius 1 is 1.29 bits per heavy atom. The topological polar surface area (TPSA) is 75.4 Å². The lowest BCUT2D eigenvalue weighted by Gasteiger charge is -2.05. The van der Waals surface area contributed by atoms with Crippen LogP contribution in [0.5, 0.6) is 0 Å². The average molecular weight is 342 g/mol. The number of nitrogens with one attached hydrogen (secondary N) is 1. The Hall–Kier alpha value is -2.31. The van der Waals surface area contributed by atoms with E-state index in [2.05, 4.69) is 10.3 Å². The molecule has 24 heavy (non-hydrogen) atoms. The van der Waals surface area contributed by atoms with Crippen molar-refractivity contribution < 1.29 is 14.3 Å². The van der Waals surface area contributed by atoms with Crippen molar-refractivity contribution in [3.63, 3.8) is 0 Å². The number of hydrogen-bond acceptors (Lipinski definition) is 5. The van der Waals surface area contributed by atoms with E-state index in [0.717, 1.165) is 22.3 Å². The lowest BCUT2D eigenvalue weighted by atomic mass is 10.2. The Morgan fingerprint density at radius 3 is 3.00 bits per heavy atom. The Balaban J connectivity index is 1.72. The summed E-state index contributed by atoms with van der Waals surface area (Å²) in [6.45, 7) is 2.15. The quantitative estimate of drug-likeness (QED) is 0.669. The molecule has 2 heterocycles. The van der Waals surface area contributed by atoms with Gasteiger partial charge in [0.05, 0.1) is 6.61 Å². The van der Waals surface area contributed by atoms with Crippen molar-refractivity contribution in [2.45, 2.75) is 12.7 Å². The zero-order valence-electron chi connectivity index (χ0n) is 13.3. The number of aliphatic hydroxyl groups is 1. The van der Waals surface area contributed by atoms with E-state index in [1.54, 1.807) is 24.0 Å². The van der Waals surface area contributed by atoms with Gasteiger partial charge in [-0.25, -0.2) is 4.98 Å². The molecule has 124 valence electrons. The third-order valence-electron chi connectivity index (χ3n) is 3.47. The van der Waals surface area contributed by atoms with Crippen molar-refractivity contribution in [2.75, 3.05) is 17.7 Å². The molecule has 0 aliphatic rings. The number of benzene rings is 1. The van der Waals surface area contributed by atoms with E-state index >= 15 is 0 Å². The van der Waals surface area contributed by atoms with Crippen molar-refractivity contribution in [2.24, 2.45) is 0 Å². The molecule has 0 bridgehead atoms. The van der Waals surface area contributed by atoms with Crippen molar-refractivity contribution in [3.8, 4) is 0 Å². The van der Waals surface area contributed by atoms with Crippen LogP contribution in [0.1, 0.15) is 21.7 Å². The molecule has 6 heteroatoms. The maximum absolute atomic E-state index is 12.4. The van der Waals surface area contributed by atoms with Crippen LogP contribution in [0.15, 0.2) is 47.0 Å². The molecule has 0 aliphatic heterocycles. The minimum Gasteiger partial charge on any atom is -0.451 e. The number of furan rings is 1. The summed E-state index contributed by atoms with van der Waals surface area (Å²) in [6, 6.07) is 11.2. The number of aliphatic hydroxyl groups excluding tert-OH is 1. The van der Waals surface area contributed by atoms with Gasteiger partial charge in [0.2, 0.25) is 0 Å². The first-order valence-electron chi connectivity index (χ1n) is 7.61. The van der Waals surface area contributed by atoms with Gasteiger partial charge in [-0.05, 0) is 42.8 Å². The summed E-state index contributed by atoms with van der Waals surface area (Å²) >= 11 is 1.63. The standard InChI is InChI=1S/C18H18N2O3S/c1-12-2-3-15-14(8-12)10-16(23-15)18(22)20-17-9-13(4-5-19-17)11-24-7-6-21/h2-5,8-10,21H,6-7,11H2,1H3,(H,19,20,22). The molecule has 0 spiro atoms. The first-order valence-corrected chi connectivity index (χ1v) is 8.76. The van der Waals surface area contributed by atoms with Crippen LogP contribution < -0.4 is 5.32 Å². The monoisotopic (exact) mass is 342 g/mol. The van der Waals surface area contributed by atoms with E-state index in [9.17, 15) is 4.79 Å². The number of carbonyl (C=O) groups excluding carboxylic acids is 1. The molecule has 2 N–H and O–H groups in total. The minimum absolute atomic E-state index is 0.158. The van der Waals surface area contributed by atoms with Crippen molar-refractivity contribution in [1.82, 2.24) is 4.98 Å². The first-order chi connectivity index (χ1) is 11.7. The summed E-state index contributed by atoms with van der Waals surface area (Å²) in [7, 11) is 0. The van der Waals surface area contributed by atoms with E-state index in [1.165, 1.54) is 0 Å². The Kier molecular flexibility index (Phi) is 5.17. The number of hydrogen-bond donors (Lipinski definition) is 2. The van der Waals surface area contributed by atoms with Crippen LogP contribution in [-0.4, -0.2) is 28.4 Å². The number of amides is 1. The fourth-order valence-corrected chi connectivity index (χ4v) is 3.03. The van der Waals surface area contributed by atoms with Crippen LogP contribution in [0.25, 0.3) is 11.0 Å². The molecule has 0 unspecified atom stereocenters. The molecule has 0 radical (unpaired) electrons. The maximum atomic E-state index is 12.4. The molecule has 1 amide bonds. The summed E-state index contributed by atoms with van der Waals surface area (Å²) in [5.41, 5.74) is 2.84. The van der Waals surface area contributed by atoms with Crippen LogP contribution in [-0.2, 0) is 5.75 Å². The zero-order valence-corrected chi connectivity index (χ0v) is 14.1. The molecular weight excluding hydrogens is 324 g/mol.